The van der Waals surface area contributed by atoms with Gasteiger partial charge in [-0.25, -0.2) is 0 Å². The minimum atomic E-state index is 0.762. The molecule has 0 radical (unpaired) electrons. The minimum Gasteiger partial charge on any atom is -0.308 e. The second kappa shape index (κ2) is 9.43. The molecule has 0 aliphatic rings. The van der Waals surface area contributed by atoms with Crippen LogP contribution in [0.25, 0.3) is 0 Å². The van der Waals surface area contributed by atoms with Crippen molar-refractivity contribution >= 4 is 15.9 Å². The molecule has 0 aromatic carbocycles. The number of nitrogens with zero attached hydrogens (tertiary/aromatic N) is 2. The highest BCUT2D eigenvalue weighted by molar-refractivity contribution is 9.09. The van der Waals surface area contributed by atoms with E-state index in [1.54, 1.807) is 0 Å². The fourth-order valence-electron chi connectivity index (χ4n) is 1.72. The molecule has 0 N–H and O–H groups in total. The molecule has 0 rings (SSSR count). The Morgan fingerprint density at radius 2 is 1.69 bits per heavy atom. The summed E-state index contributed by atoms with van der Waals surface area (Å²) in [5.74, 6) is 1.53. The quantitative estimate of drug-likeness (QED) is 0.603. The predicted molar refractivity (Wildman–Crippen MR) is 77.4 cm³/mol. The number of hydrogen-bond donors (Lipinski definition) is 0. The molecule has 16 heavy (non-hydrogen) atoms. The van der Waals surface area contributed by atoms with Crippen LogP contribution < -0.4 is 0 Å². The molecule has 2 nitrogen and oxygen atoms in total. The summed E-state index contributed by atoms with van der Waals surface area (Å²) in [5.41, 5.74) is 0. The van der Waals surface area contributed by atoms with E-state index < -0.39 is 0 Å². The molecule has 0 saturated carbocycles. The topological polar surface area (TPSA) is 6.48 Å². The van der Waals surface area contributed by atoms with Crippen LogP contribution in [-0.4, -0.2) is 55.4 Å². The lowest BCUT2D eigenvalue weighted by molar-refractivity contribution is 0.196. The van der Waals surface area contributed by atoms with Crippen LogP contribution in [0, 0.1) is 11.8 Å². The number of hydrogen-bond acceptors (Lipinski definition) is 2. The Hall–Kier alpha value is 0.400. The van der Waals surface area contributed by atoms with E-state index in [9.17, 15) is 0 Å². The lowest BCUT2D eigenvalue weighted by Crippen LogP contribution is -2.37. The maximum Gasteiger partial charge on any atom is 0.0109 e. The molecule has 0 heterocycles. The number of alkyl halides is 1. The monoisotopic (exact) mass is 292 g/mol. The van der Waals surface area contributed by atoms with Gasteiger partial charge in [0, 0.05) is 25.0 Å². The Balaban J connectivity index is 4.08. The van der Waals surface area contributed by atoms with Crippen LogP contribution in [0.5, 0.6) is 0 Å². The SMILES string of the molecule is CCCN(CCN(C)C)CC(CBr)C(C)C. The van der Waals surface area contributed by atoms with Crippen LogP contribution in [0.1, 0.15) is 27.2 Å². The summed E-state index contributed by atoms with van der Waals surface area (Å²) in [4.78, 5) is 4.87. The van der Waals surface area contributed by atoms with Gasteiger partial charge in [0.1, 0.15) is 0 Å². The van der Waals surface area contributed by atoms with Crippen LogP contribution in [0.3, 0.4) is 0 Å². The third kappa shape index (κ3) is 7.64. The van der Waals surface area contributed by atoms with Gasteiger partial charge in [-0.2, -0.15) is 0 Å². The molecule has 0 saturated heterocycles. The highest BCUT2D eigenvalue weighted by Gasteiger charge is 2.16. The molecule has 0 bridgehead atoms. The zero-order valence-electron chi connectivity index (χ0n) is 11.7. The molecule has 3 heteroatoms. The van der Waals surface area contributed by atoms with Gasteiger partial charge in [0.15, 0.2) is 0 Å². The summed E-state index contributed by atoms with van der Waals surface area (Å²) in [6, 6.07) is 0. The molecule has 0 aromatic heterocycles. The maximum absolute atomic E-state index is 3.64. The number of rotatable bonds is 9. The van der Waals surface area contributed by atoms with Crippen molar-refractivity contribution in [1.29, 1.82) is 0 Å². The van der Waals surface area contributed by atoms with Gasteiger partial charge in [-0.15, -0.1) is 0 Å². The lowest BCUT2D eigenvalue weighted by Gasteiger charge is -2.29. The highest BCUT2D eigenvalue weighted by atomic mass is 79.9. The van der Waals surface area contributed by atoms with Crippen LogP contribution in [0.4, 0.5) is 0 Å². The molecule has 1 unspecified atom stereocenters. The summed E-state index contributed by atoms with van der Waals surface area (Å²) in [6.45, 7) is 11.7. The molecule has 0 aromatic rings. The van der Waals surface area contributed by atoms with E-state index >= 15 is 0 Å². The molecule has 0 aliphatic carbocycles. The summed E-state index contributed by atoms with van der Waals surface area (Å²) >= 11 is 3.64. The Morgan fingerprint density at radius 3 is 2.06 bits per heavy atom. The first-order valence-corrected chi connectivity index (χ1v) is 7.56. The van der Waals surface area contributed by atoms with E-state index in [2.05, 4.69) is 60.6 Å². The van der Waals surface area contributed by atoms with Crippen LogP contribution >= 0.6 is 15.9 Å². The van der Waals surface area contributed by atoms with E-state index in [4.69, 9.17) is 0 Å². The molecular formula is C13H29BrN2. The van der Waals surface area contributed by atoms with Gasteiger partial charge in [0.2, 0.25) is 0 Å². The van der Waals surface area contributed by atoms with Gasteiger partial charge in [-0.3, -0.25) is 0 Å². The highest BCUT2D eigenvalue weighted by Crippen LogP contribution is 2.15. The van der Waals surface area contributed by atoms with Crippen LogP contribution in [-0.2, 0) is 0 Å². The lowest BCUT2D eigenvalue weighted by atomic mass is 9.97. The van der Waals surface area contributed by atoms with Crippen molar-refractivity contribution < 1.29 is 0 Å². The van der Waals surface area contributed by atoms with Crippen molar-refractivity contribution in [3.63, 3.8) is 0 Å². The third-order valence-corrected chi connectivity index (χ3v) is 3.87. The summed E-state index contributed by atoms with van der Waals surface area (Å²) < 4.78 is 0. The standard InChI is InChI=1S/C13H29BrN2/c1-6-7-16(9-8-15(4)5)11-13(10-14)12(2)3/h12-13H,6-11H2,1-5H3. The van der Waals surface area contributed by atoms with Gasteiger partial charge in [0.25, 0.3) is 0 Å². The molecule has 0 spiro atoms. The van der Waals surface area contributed by atoms with E-state index in [-0.39, 0.29) is 0 Å². The smallest absolute Gasteiger partial charge is 0.0109 e. The van der Waals surface area contributed by atoms with E-state index in [1.165, 1.54) is 26.1 Å². The van der Waals surface area contributed by atoms with Crippen molar-refractivity contribution in [1.82, 2.24) is 9.80 Å². The fraction of sp³-hybridized carbons (Fsp3) is 1.00. The van der Waals surface area contributed by atoms with Crippen molar-refractivity contribution in [2.75, 3.05) is 45.6 Å². The molecule has 0 amide bonds. The summed E-state index contributed by atoms with van der Waals surface area (Å²) in [6.07, 6.45) is 1.25. The van der Waals surface area contributed by atoms with E-state index in [0.29, 0.717) is 0 Å². The first kappa shape index (κ1) is 16.4. The average molecular weight is 293 g/mol. The number of likely N-dealkylation sites (N-methyl/N-ethyl adjacent to an activating group) is 1. The first-order valence-electron chi connectivity index (χ1n) is 6.44. The Labute approximate surface area is 111 Å². The third-order valence-electron chi connectivity index (χ3n) is 3.04. The largest absolute Gasteiger partial charge is 0.308 e. The summed E-state index contributed by atoms with van der Waals surface area (Å²) in [5, 5.41) is 1.12. The Bertz CT molecular complexity index is 160. The Kier molecular flexibility index (Phi) is 9.67. The molecule has 0 fully saturated rings. The molecule has 0 aliphatic heterocycles. The predicted octanol–water partition coefficient (Wildman–Crippen LogP) is 2.93. The van der Waals surface area contributed by atoms with Gasteiger partial charge in [0.05, 0.1) is 0 Å². The molecule has 98 valence electrons. The van der Waals surface area contributed by atoms with Crippen LogP contribution in [0.2, 0.25) is 0 Å². The first-order chi connectivity index (χ1) is 7.51. The van der Waals surface area contributed by atoms with Crippen molar-refractivity contribution in [2.24, 2.45) is 11.8 Å². The fourth-order valence-corrected chi connectivity index (χ4v) is 2.67. The Morgan fingerprint density at radius 1 is 1.06 bits per heavy atom. The van der Waals surface area contributed by atoms with Gasteiger partial charge >= 0.3 is 0 Å². The van der Waals surface area contributed by atoms with Crippen molar-refractivity contribution in [3.05, 3.63) is 0 Å². The molecular weight excluding hydrogens is 264 g/mol. The van der Waals surface area contributed by atoms with Gasteiger partial charge < -0.3 is 9.80 Å². The van der Waals surface area contributed by atoms with Gasteiger partial charge in [-0.1, -0.05) is 36.7 Å². The van der Waals surface area contributed by atoms with Crippen molar-refractivity contribution in [3.8, 4) is 0 Å². The van der Waals surface area contributed by atoms with Gasteiger partial charge in [-0.05, 0) is 38.9 Å². The number of halogens is 1. The maximum atomic E-state index is 3.64. The van der Waals surface area contributed by atoms with Crippen LogP contribution in [0.15, 0.2) is 0 Å². The van der Waals surface area contributed by atoms with Crippen molar-refractivity contribution in [2.45, 2.75) is 27.2 Å². The second-order valence-electron chi connectivity index (χ2n) is 5.26. The molecule has 1 atom stereocenters. The average Bonchev–Trinajstić information content (AvgIpc) is 2.21. The summed E-state index contributed by atoms with van der Waals surface area (Å²) in [7, 11) is 4.29. The normalized spacial score (nSPS) is 14.1. The van der Waals surface area contributed by atoms with E-state index in [0.717, 1.165) is 23.7 Å². The zero-order valence-corrected chi connectivity index (χ0v) is 13.3. The second-order valence-corrected chi connectivity index (χ2v) is 5.91. The zero-order chi connectivity index (χ0) is 12.6. The van der Waals surface area contributed by atoms with E-state index in [1.807, 2.05) is 0 Å². The minimum absolute atomic E-state index is 0.762.